The summed E-state index contributed by atoms with van der Waals surface area (Å²) >= 11 is 3.44. The van der Waals surface area contributed by atoms with Crippen LogP contribution in [0.3, 0.4) is 0 Å². The molecule has 0 aromatic heterocycles. The number of hydrogen-bond donors (Lipinski definition) is 2. The lowest BCUT2D eigenvalue weighted by Gasteiger charge is -2.12. The number of benzene rings is 1. The number of guanidine groups is 1. The van der Waals surface area contributed by atoms with Gasteiger partial charge in [-0.3, -0.25) is 4.99 Å². The summed E-state index contributed by atoms with van der Waals surface area (Å²) in [6.45, 7) is 0.663. The highest BCUT2D eigenvalue weighted by molar-refractivity contribution is 14.0. The fourth-order valence-electron chi connectivity index (χ4n) is 1.34. The number of rotatable bonds is 3. The molecule has 0 atom stereocenters. The maximum absolute atomic E-state index is 5.28. The van der Waals surface area contributed by atoms with Gasteiger partial charge in [-0.25, -0.2) is 0 Å². The molecular weight excluding hydrogens is 397 g/mol. The molecule has 6 heteroatoms. The molecule has 0 amide bonds. The number of ether oxygens (including phenoxy) is 1. The van der Waals surface area contributed by atoms with Crippen molar-refractivity contribution in [2.24, 2.45) is 4.99 Å². The average Bonchev–Trinajstić information content (AvgIpc) is 2.30. The normalized spacial score (nSPS) is 10.5. The summed E-state index contributed by atoms with van der Waals surface area (Å²) in [4.78, 5) is 4.04. The molecule has 17 heavy (non-hydrogen) atoms. The van der Waals surface area contributed by atoms with Crippen LogP contribution in [0.2, 0.25) is 0 Å². The van der Waals surface area contributed by atoms with Crippen molar-refractivity contribution in [1.82, 2.24) is 10.6 Å². The quantitative estimate of drug-likeness (QED) is 0.454. The third-order valence-electron chi connectivity index (χ3n) is 2.15. The Kier molecular flexibility index (Phi) is 8.32. The monoisotopic (exact) mass is 413 g/mol. The minimum atomic E-state index is 0. The molecule has 0 aliphatic rings. The van der Waals surface area contributed by atoms with E-state index in [4.69, 9.17) is 4.74 Å². The van der Waals surface area contributed by atoms with Gasteiger partial charge < -0.3 is 15.4 Å². The van der Waals surface area contributed by atoms with Gasteiger partial charge in [0.05, 0.1) is 7.11 Å². The van der Waals surface area contributed by atoms with E-state index in [2.05, 4.69) is 31.6 Å². The molecule has 0 aliphatic heterocycles. The van der Waals surface area contributed by atoms with Crippen LogP contribution in [0.5, 0.6) is 5.75 Å². The van der Waals surface area contributed by atoms with E-state index in [1.54, 1.807) is 14.2 Å². The summed E-state index contributed by atoms with van der Waals surface area (Å²) in [7, 11) is 5.23. The molecule has 1 rings (SSSR count). The van der Waals surface area contributed by atoms with Crippen LogP contribution in [0.25, 0.3) is 0 Å². The van der Waals surface area contributed by atoms with Crippen molar-refractivity contribution in [2.75, 3.05) is 21.2 Å². The summed E-state index contributed by atoms with van der Waals surface area (Å²) < 4.78 is 6.31. The lowest BCUT2D eigenvalue weighted by atomic mass is 10.2. The number of halogens is 2. The van der Waals surface area contributed by atoms with E-state index in [0.717, 1.165) is 21.7 Å². The van der Waals surface area contributed by atoms with E-state index in [9.17, 15) is 0 Å². The topological polar surface area (TPSA) is 45.7 Å². The lowest BCUT2D eigenvalue weighted by Crippen LogP contribution is -2.34. The zero-order chi connectivity index (χ0) is 12.0. The van der Waals surface area contributed by atoms with Gasteiger partial charge >= 0.3 is 0 Å². The molecule has 0 spiro atoms. The van der Waals surface area contributed by atoms with E-state index in [-0.39, 0.29) is 24.0 Å². The molecule has 0 heterocycles. The number of methoxy groups -OCH3 is 1. The Labute approximate surface area is 127 Å². The highest BCUT2D eigenvalue weighted by Crippen LogP contribution is 2.22. The third kappa shape index (κ3) is 5.12. The highest BCUT2D eigenvalue weighted by Gasteiger charge is 2.04. The molecule has 0 saturated heterocycles. The molecule has 0 unspecified atom stereocenters. The number of nitrogens with one attached hydrogen (secondary N) is 2. The van der Waals surface area contributed by atoms with Crippen molar-refractivity contribution < 1.29 is 4.74 Å². The second-order valence-electron chi connectivity index (χ2n) is 3.13. The predicted molar refractivity (Wildman–Crippen MR) is 85.4 cm³/mol. The van der Waals surface area contributed by atoms with Crippen LogP contribution in [0, 0.1) is 0 Å². The standard InChI is InChI=1S/C11H16BrN3O.HI/c1-13-11(14-2)15-7-8-6-9(12)4-5-10(8)16-3;/h4-6H,7H2,1-3H3,(H2,13,14,15);1H. The fourth-order valence-corrected chi connectivity index (χ4v) is 1.75. The molecule has 0 bridgehead atoms. The molecule has 0 fully saturated rings. The first-order valence-corrected chi connectivity index (χ1v) is 5.71. The molecule has 2 N–H and O–H groups in total. The van der Waals surface area contributed by atoms with Gasteiger partial charge in [0.1, 0.15) is 5.75 Å². The Morgan fingerprint density at radius 3 is 2.71 bits per heavy atom. The number of nitrogens with zero attached hydrogens (tertiary/aromatic N) is 1. The SMILES string of the molecule is CN=C(NC)NCc1cc(Br)ccc1OC.I. The van der Waals surface area contributed by atoms with Crippen molar-refractivity contribution in [3.8, 4) is 5.75 Å². The van der Waals surface area contributed by atoms with Crippen molar-refractivity contribution in [1.29, 1.82) is 0 Å². The maximum Gasteiger partial charge on any atom is 0.190 e. The van der Waals surface area contributed by atoms with E-state index in [1.165, 1.54) is 0 Å². The Hall–Kier alpha value is -0.500. The largest absolute Gasteiger partial charge is 0.496 e. The zero-order valence-corrected chi connectivity index (χ0v) is 14.0. The Balaban J connectivity index is 0.00000256. The van der Waals surface area contributed by atoms with Crippen molar-refractivity contribution in [3.63, 3.8) is 0 Å². The zero-order valence-electron chi connectivity index (χ0n) is 10.1. The molecule has 1 aromatic carbocycles. The first kappa shape index (κ1) is 16.5. The third-order valence-corrected chi connectivity index (χ3v) is 2.64. The van der Waals surface area contributed by atoms with Gasteiger partial charge in [-0.05, 0) is 18.2 Å². The highest BCUT2D eigenvalue weighted by atomic mass is 127. The van der Waals surface area contributed by atoms with Gasteiger partial charge in [-0.2, -0.15) is 0 Å². The Morgan fingerprint density at radius 1 is 1.47 bits per heavy atom. The van der Waals surface area contributed by atoms with Gasteiger partial charge in [0.2, 0.25) is 0 Å². The molecule has 0 radical (unpaired) electrons. The molecule has 0 saturated carbocycles. The van der Waals surface area contributed by atoms with Crippen molar-refractivity contribution >= 4 is 45.9 Å². The maximum atomic E-state index is 5.28. The van der Waals surface area contributed by atoms with Crippen LogP contribution in [0.4, 0.5) is 0 Å². The van der Waals surface area contributed by atoms with Crippen LogP contribution in [-0.2, 0) is 6.54 Å². The van der Waals surface area contributed by atoms with Crippen LogP contribution >= 0.6 is 39.9 Å². The van der Waals surface area contributed by atoms with E-state index in [1.807, 2.05) is 25.2 Å². The lowest BCUT2D eigenvalue weighted by molar-refractivity contribution is 0.409. The first-order valence-electron chi connectivity index (χ1n) is 4.92. The second kappa shape index (κ2) is 8.57. The van der Waals surface area contributed by atoms with Crippen LogP contribution in [0.15, 0.2) is 27.7 Å². The summed E-state index contributed by atoms with van der Waals surface area (Å²) in [6.07, 6.45) is 0. The molecule has 1 aromatic rings. The molecule has 0 aliphatic carbocycles. The predicted octanol–water partition coefficient (Wildman–Crippen LogP) is 2.37. The minimum absolute atomic E-state index is 0. The van der Waals surface area contributed by atoms with Gasteiger partial charge in [0.15, 0.2) is 5.96 Å². The van der Waals surface area contributed by atoms with E-state index >= 15 is 0 Å². The van der Waals surface area contributed by atoms with Crippen LogP contribution < -0.4 is 15.4 Å². The molecule has 4 nitrogen and oxygen atoms in total. The molecule has 96 valence electrons. The van der Waals surface area contributed by atoms with Gasteiger partial charge in [0.25, 0.3) is 0 Å². The minimum Gasteiger partial charge on any atom is -0.496 e. The van der Waals surface area contributed by atoms with Gasteiger partial charge in [0, 0.05) is 30.7 Å². The van der Waals surface area contributed by atoms with Crippen molar-refractivity contribution in [2.45, 2.75) is 6.54 Å². The summed E-state index contributed by atoms with van der Waals surface area (Å²) in [5, 5.41) is 6.14. The number of aliphatic imine (C=N–C) groups is 1. The average molecular weight is 414 g/mol. The first-order chi connectivity index (χ1) is 7.71. The fraction of sp³-hybridized carbons (Fsp3) is 0.364. The van der Waals surface area contributed by atoms with E-state index in [0.29, 0.717) is 6.54 Å². The summed E-state index contributed by atoms with van der Waals surface area (Å²) in [6, 6.07) is 5.91. The summed E-state index contributed by atoms with van der Waals surface area (Å²) in [5.74, 6) is 1.62. The smallest absolute Gasteiger partial charge is 0.190 e. The van der Waals surface area contributed by atoms with Crippen LogP contribution in [0.1, 0.15) is 5.56 Å². The van der Waals surface area contributed by atoms with E-state index < -0.39 is 0 Å². The Morgan fingerprint density at radius 2 is 2.18 bits per heavy atom. The van der Waals surface area contributed by atoms with Crippen LogP contribution in [-0.4, -0.2) is 27.2 Å². The second-order valence-corrected chi connectivity index (χ2v) is 4.05. The summed E-state index contributed by atoms with van der Waals surface area (Å²) in [5.41, 5.74) is 1.08. The molecular formula is C11H17BrIN3O. The Bertz CT molecular complexity index is 385. The van der Waals surface area contributed by atoms with Gasteiger partial charge in [-0.15, -0.1) is 24.0 Å². The van der Waals surface area contributed by atoms with Crippen molar-refractivity contribution in [3.05, 3.63) is 28.2 Å². The van der Waals surface area contributed by atoms with Gasteiger partial charge in [-0.1, -0.05) is 15.9 Å². The number of hydrogen-bond acceptors (Lipinski definition) is 2.